The normalized spacial score (nSPS) is 17.5. The minimum absolute atomic E-state index is 0.239. The molecule has 0 spiro atoms. The van der Waals surface area contributed by atoms with Crippen molar-refractivity contribution < 1.29 is 5.11 Å². The van der Waals surface area contributed by atoms with E-state index in [1.165, 1.54) is 0 Å². The van der Waals surface area contributed by atoms with Crippen molar-refractivity contribution in [3.8, 4) is 0 Å². The van der Waals surface area contributed by atoms with Gasteiger partial charge in [-0.05, 0) is 19.4 Å². The van der Waals surface area contributed by atoms with Gasteiger partial charge in [-0.15, -0.1) is 0 Å². The first kappa shape index (κ1) is 12.9. The summed E-state index contributed by atoms with van der Waals surface area (Å²) in [5, 5.41) is 9.38. The predicted molar refractivity (Wildman–Crippen MR) is 56.6 cm³/mol. The van der Waals surface area contributed by atoms with Gasteiger partial charge in [-0.25, -0.2) is 0 Å². The highest BCUT2D eigenvalue weighted by Gasteiger charge is 2.24. The molecular formula is C10H24N2O. The van der Waals surface area contributed by atoms with E-state index in [0.29, 0.717) is 19.1 Å². The van der Waals surface area contributed by atoms with Crippen LogP contribution in [-0.4, -0.2) is 42.3 Å². The van der Waals surface area contributed by atoms with Gasteiger partial charge in [0, 0.05) is 19.1 Å². The third-order valence-corrected chi connectivity index (χ3v) is 2.69. The number of nitrogens with zero attached hydrogens (tertiary/aromatic N) is 1. The maximum atomic E-state index is 9.38. The Bertz CT molecular complexity index is 142. The van der Waals surface area contributed by atoms with Crippen molar-refractivity contribution in [1.29, 1.82) is 0 Å². The standard InChI is InChI=1S/C10H24N2O/c1-8(10(2,3)4)12(5)7-9(13)6-11/h8-9,13H,6-7,11H2,1-5H3. The Morgan fingerprint density at radius 2 is 1.85 bits per heavy atom. The molecule has 0 aromatic heterocycles. The second kappa shape index (κ2) is 4.94. The SMILES string of the molecule is CC(N(C)CC(O)CN)C(C)(C)C. The Kier molecular flexibility index (Phi) is 4.89. The van der Waals surface area contributed by atoms with Crippen LogP contribution in [0.1, 0.15) is 27.7 Å². The average Bonchev–Trinajstić information content (AvgIpc) is 2.01. The van der Waals surface area contributed by atoms with Gasteiger partial charge >= 0.3 is 0 Å². The fraction of sp³-hybridized carbons (Fsp3) is 1.00. The molecule has 0 fully saturated rings. The van der Waals surface area contributed by atoms with Gasteiger partial charge in [0.25, 0.3) is 0 Å². The highest BCUT2D eigenvalue weighted by molar-refractivity contribution is 4.78. The van der Waals surface area contributed by atoms with Crippen LogP contribution in [0.25, 0.3) is 0 Å². The summed E-state index contributed by atoms with van der Waals surface area (Å²) in [5.74, 6) is 0. The second-order valence-electron chi connectivity index (χ2n) is 4.87. The quantitative estimate of drug-likeness (QED) is 0.682. The Balaban J connectivity index is 4.03. The highest BCUT2D eigenvalue weighted by Crippen LogP contribution is 2.22. The first-order valence-corrected chi connectivity index (χ1v) is 4.87. The zero-order valence-corrected chi connectivity index (χ0v) is 9.54. The van der Waals surface area contributed by atoms with Gasteiger partial charge in [0.1, 0.15) is 0 Å². The summed E-state index contributed by atoms with van der Waals surface area (Å²) in [4.78, 5) is 2.15. The Labute approximate surface area is 81.9 Å². The molecule has 0 bridgehead atoms. The van der Waals surface area contributed by atoms with E-state index in [1.807, 2.05) is 7.05 Å². The molecule has 0 saturated carbocycles. The van der Waals surface area contributed by atoms with Crippen LogP contribution < -0.4 is 5.73 Å². The summed E-state index contributed by atoms with van der Waals surface area (Å²) in [5.41, 5.74) is 5.59. The molecule has 2 unspecified atom stereocenters. The molecule has 2 atom stereocenters. The molecule has 0 aliphatic rings. The summed E-state index contributed by atoms with van der Waals surface area (Å²) in [6.45, 7) is 9.74. The minimum atomic E-state index is -0.408. The first-order valence-electron chi connectivity index (χ1n) is 4.87. The topological polar surface area (TPSA) is 49.5 Å². The molecule has 0 radical (unpaired) electrons. The maximum absolute atomic E-state index is 9.38. The molecule has 3 nitrogen and oxygen atoms in total. The molecule has 0 aromatic rings. The number of hydrogen-bond donors (Lipinski definition) is 2. The van der Waals surface area contributed by atoms with Gasteiger partial charge in [0.05, 0.1) is 6.10 Å². The van der Waals surface area contributed by atoms with Gasteiger partial charge < -0.3 is 15.7 Å². The van der Waals surface area contributed by atoms with Crippen LogP contribution >= 0.6 is 0 Å². The Morgan fingerprint density at radius 3 is 2.15 bits per heavy atom. The van der Waals surface area contributed by atoms with Crippen molar-refractivity contribution >= 4 is 0 Å². The van der Waals surface area contributed by atoms with Crippen LogP contribution in [0.4, 0.5) is 0 Å². The molecule has 0 aromatic carbocycles. The largest absolute Gasteiger partial charge is 0.390 e. The van der Waals surface area contributed by atoms with Gasteiger partial charge in [-0.1, -0.05) is 20.8 Å². The van der Waals surface area contributed by atoms with E-state index in [2.05, 4.69) is 32.6 Å². The predicted octanol–water partition coefficient (Wildman–Crippen LogP) is 0.672. The molecule has 0 aliphatic heterocycles. The van der Waals surface area contributed by atoms with Crippen molar-refractivity contribution in [1.82, 2.24) is 4.90 Å². The van der Waals surface area contributed by atoms with Crippen LogP contribution in [0.5, 0.6) is 0 Å². The van der Waals surface area contributed by atoms with Crippen molar-refractivity contribution in [3.05, 3.63) is 0 Å². The van der Waals surface area contributed by atoms with Gasteiger partial charge in [-0.2, -0.15) is 0 Å². The average molecular weight is 188 g/mol. The van der Waals surface area contributed by atoms with Crippen LogP contribution in [-0.2, 0) is 0 Å². The van der Waals surface area contributed by atoms with E-state index >= 15 is 0 Å². The molecule has 0 amide bonds. The third kappa shape index (κ3) is 4.60. The van der Waals surface area contributed by atoms with Crippen molar-refractivity contribution in [2.75, 3.05) is 20.1 Å². The molecule has 0 aliphatic carbocycles. The molecule has 0 saturated heterocycles. The fourth-order valence-electron chi connectivity index (χ4n) is 1.23. The van der Waals surface area contributed by atoms with Gasteiger partial charge in [-0.3, -0.25) is 0 Å². The molecule has 0 rings (SSSR count). The number of aliphatic hydroxyl groups excluding tert-OH is 1. The number of aliphatic hydroxyl groups is 1. The molecular weight excluding hydrogens is 164 g/mol. The van der Waals surface area contributed by atoms with E-state index in [-0.39, 0.29) is 5.41 Å². The van der Waals surface area contributed by atoms with E-state index in [4.69, 9.17) is 5.73 Å². The van der Waals surface area contributed by atoms with Crippen molar-refractivity contribution in [3.63, 3.8) is 0 Å². The number of hydrogen-bond acceptors (Lipinski definition) is 3. The van der Waals surface area contributed by atoms with E-state index < -0.39 is 6.10 Å². The van der Waals surface area contributed by atoms with Gasteiger partial charge in [0.2, 0.25) is 0 Å². The summed E-state index contributed by atoms with van der Waals surface area (Å²) < 4.78 is 0. The monoisotopic (exact) mass is 188 g/mol. The zero-order chi connectivity index (χ0) is 10.6. The molecule has 3 heteroatoms. The lowest BCUT2D eigenvalue weighted by atomic mass is 9.87. The summed E-state index contributed by atoms with van der Waals surface area (Å²) >= 11 is 0. The maximum Gasteiger partial charge on any atom is 0.0789 e. The van der Waals surface area contributed by atoms with Gasteiger partial charge in [0.15, 0.2) is 0 Å². The lowest BCUT2D eigenvalue weighted by Crippen LogP contribution is -2.44. The molecule has 13 heavy (non-hydrogen) atoms. The Morgan fingerprint density at radius 1 is 1.38 bits per heavy atom. The third-order valence-electron chi connectivity index (χ3n) is 2.69. The molecule has 80 valence electrons. The Hall–Kier alpha value is -0.120. The van der Waals surface area contributed by atoms with E-state index in [9.17, 15) is 5.11 Å². The summed E-state index contributed by atoms with van der Waals surface area (Å²) in [6, 6.07) is 0.439. The fourth-order valence-corrected chi connectivity index (χ4v) is 1.23. The second-order valence-corrected chi connectivity index (χ2v) is 4.87. The molecule has 3 N–H and O–H groups in total. The van der Waals surface area contributed by atoms with E-state index in [0.717, 1.165) is 0 Å². The number of likely N-dealkylation sites (N-methyl/N-ethyl adjacent to an activating group) is 1. The van der Waals surface area contributed by atoms with Crippen molar-refractivity contribution in [2.45, 2.75) is 39.8 Å². The first-order chi connectivity index (χ1) is 5.79. The number of nitrogens with two attached hydrogens (primary N) is 1. The number of rotatable bonds is 4. The van der Waals surface area contributed by atoms with Crippen LogP contribution in [0.3, 0.4) is 0 Å². The lowest BCUT2D eigenvalue weighted by molar-refractivity contribution is 0.0757. The minimum Gasteiger partial charge on any atom is -0.390 e. The molecule has 0 heterocycles. The summed E-state index contributed by atoms with van der Waals surface area (Å²) in [6.07, 6.45) is -0.408. The van der Waals surface area contributed by atoms with Crippen LogP contribution in [0.2, 0.25) is 0 Å². The zero-order valence-electron chi connectivity index (χ0n) is 9.54. The van der Waals surface area contributed by atoms with Crippen molar-refractivity contribution in [2.24, 2.45) is 11.1 Å². The highest BCUT2D eigenvalue weighted by atomic mass is 16.3. The van der Waals surface area contributed by atoms with Crippen LogP contribution in [0, 0.1) is 5.41 Å². The summed E-state index contributed by atoms with van der Waals surface area (Å²) in [7, 11) is 2.02. The smallest absolute Gasteiger partial charge is 0.0789 e. The lowest BCUT2D eigenvalue weighted by Gasteiger charge is -2.36. The van der Waals surface area contributed by atoms with E-state index in [1.54, 1.807) is 0 Å². The van der Waals surface area contributed by atoms with Crippen LogP contribution in [0.15, 0.2) is 0 Å².